The molecule has 0 aliphatic heterocycles. The Bertz CT molecular complexity index is 735. The number of hydrogen-bond donors (Lipinski definition) is 2. The van der Waals surface area contributed by atoms with Crippen molar-refractivity contribution in [3.05, 3.63) is 53.6 Å². The number of nitrogens with two attached hydrogens (primary N) is 1. The number of ether oxygens (including phenoxy) is 1. The van der Waals surface area contributed by atoms with Crippen LogP contribution in [0.4, 0.5) is 11.4 Å². The van der Waals surface area contributed by atoms with Crippen molar-refractivity contribution in [2.75, 3.05) is 11.1 Å². The van der Waals surface area contributed by atoms with Crippen LogP contribution in [-0.4, -0.2) is 12.0 Å². The number of carbonyl (C=O) groups excluding carboxylic acids is 1. The number of carbonyl (C=O) groups is 1. The van der Waals surface area contributed by atoms with Crippen LogP contribution in [-0.2, 0) is 4.79 Å². The highest BCUT2D eigenvalue weighted by Crippen LogP contribution is 2.19. The summed E-state index contributed by atoms with van der Waals surface area (Å²) in [6.45, 7) is 3.53. The predicted octanol–water partition coefficient (Wildman–Crippen LogP) is 2.85. The molecule has 1 amide bonds. The van der Waals surface area contributed by atoms with E-state index >= 15 is 0 Å². The van der Waals surface area contributed by atoms with Crippen LogP contribution in [0.25, 0.3) is 0 Å². The topological polar surface area (TPSA) is 88.1 Å². The molecule has 2 rings (SSSR count). The van der Waals surface area contributed by atoms with Crippen molar-refractivity contribution in [1.82, 2.24) is 0 Å². The van der Waals surface area contributed by atoms with Crippen molar-refractivity contribution in [1.29, 1.82) is 5.26 Å². The Balaban J connectivity index is 2.06. The van der Waals surface area contributed by atoms with E-state index in [1.807, 2.05) is 19.1 Å². The van der Waals surface area contributed by atoms with Crippen LogP contribution >= 0.6 is 0 Å². The minimum atomic E-state index is -0.699. The highest BCUT2D eigenvalue weighted by molar-refractivity contribution is 5.95. The second kappa shape index (κ2) is 6.64. The molecule has 0 fully saturated rings. The second-order valence-electron chi connectivity index (χ2n) is 4.96. The molecule has 0 aliphatic carbocycles. The van der Waals surface area contributed by atoms with Gasteiger partial charge in [0.1, 0.15) is 5.75 Å². The fraction of sp³-hybridized carbons (Fsp3) is 0.176. The van der Waals surface area contributed by atoms with E-state index in [-0.39, 0.29) is 5.91 Å². The van der Waals surface area contributed by atoms with E-state index in [1.165, 1.54) is 0 Å². The lowest BCUT2D eigenvalue weighted by Crippen LogP contribution is -2.30. The molecule has 0 aliphatic rings. The van der Waals surface area contributed by atoms with Gasteiger partial charge in [-0.3, -0.25) is 4.79 Å². The van der Waals surface area contributed by atoms with Gasteiger partial charge in [-0.05, 0) is 49.7 Å². The van der Waals surface area contributed by atoms with E-state index in [1.54, 1.807) is 43.3 Å². The Hall–Kier alpha value is -3.00. The first-order valence-corrected chi connectivity index (χ1v) is 6.83. The maximum absolute atomic E-state index is 12.2. The van der Waals surface area contributed by atoms with Crippen LogP contribution in [0.3, 0.4) is 0 Å². The number of amides is 1. The number of nitriles is 1. The van der Waals surface area contributed by atoms with Gasteiger partial charge in [0.25, 0.3) is 5.91 Å². The zero-order valence-corrected chi connectivity index (χ0v) is 12.5. The maximum atomic E-state index is 12.2. The zero-order chi connectivity index (χ0) is 16.1. The van der Waals surface area contributed by atoms with Gasteiger partial charge < -0.3 is 15.8 Å². The first kappa shape index (κ1) is 15.4. The van der Waals surface area contributed by atoms with E-state index < -0.39 is 6.10 Å². The summed E-state index contributed by atoms with van der Waals surface area (Å²) in [6, 6.07) is 14.0. The molecular formula is C17H17N3O2. The smallest absolute Gasteiger partial charge is 0.265 e. The van der Waals surface area contributed by atoms with Gasteiger partial charge in [0, 0.05) is 11.4 Å². The Labute approximate surface area is 129 Å². The highest BCUT2D eigenvalue weighted by atomic mass is 16.5. The van der Waals surface area contributed by atoms with Gasteiger partial charge in [-0.15, -0.1) is 0 Å². The Morgan fingerprint density at radius 2 is 2.09 bits per heavy atom. The number of nitrogen functional groups attached to an aromatic ring is 1. The van der Waals surface area contributed by atoms with Gasteiger partial charge >= 0.3 is 0 Å². The van der Waals surface area contributed by atoms with Crippen LogP contribution in [0.5, 0.6) is 5.75 Å². The number of nitrogens with zero attached hydrogens (tertiary/aromatic N) is 1. The van der Waals surface area contributed by atoms with Gasteiger partial charge in [0.05, 0.1) is 11.6 Å². The Morgan fingerprint density at radius 3 is 2.82 bits per heavy atom. The van der Waals surface area contributed by atoms with Crippen molar-refractivity contribution in [3.63, 3.8) is 0 Å². The van der Waals surface area contributed by atoms with Crippen LogP contribution in [0.2, 0.25) is 0 Å². The summed E-state index contributed by atoms with van der Waals surface area (Å²) in [5.41, 5.74) is 8.36. The monoisotopic (exact) mass is 295 g/mol. The van der Waals surface area contributed by atoms with Crippen molar-refractivity contribution < 1.29 is 9.53 Å². The number of nitrogens with one attached hydrogen (secondary N) is 1. The third-order valence-electron chi connectivity index (χ3n) is 3.16. The molecule has 5 heteroatoms. The van der Waals surface area contributed by atoms with Crippen molar-refractivity contribution >= 4 is 17.3 Å². The van der Waals surface area contributed by atoms with E-state index in [2.05, 4.69) is 5.32 Å². The zero-order valence-electron chi connectivity index (χ0n) is 12.5. The molecule has 1 unspecified atom stereocenters. The first-order valence-electron chi connectivity index (χ1n) is 6.83. The SMILES string of the molecule is Cc1ccc(N)cc1NC(=O)C(C)Oc1cccc(C#N)c1. The summed E-state index contributed by atoms with van der Waals surface area (Å²) in [5.74, 6) is 0.196. The summed E-state index contributed by atoms with van der Waals surface area (Å²) >= 11 is 0. The summed E-state index contributed by atoms with van der Waals surface area (Å²) in [7, 11) is 0. The van der Waals surface area contributed by atoms with Crippen molar-refractivity contribution in [3.8, 4) is 11.8 Å². The molecule has 0 aromatic heterocycles. The molecule has 2 aromatic carbocycles. The molecule has 3 N–H and O–H groups in total. The minimum absolute atomic E-state index is 0.281. The summed E-state index contributed by atoms with van der Waals surface area (Å²) < 4.78 is 5.57. The van der Waals surface area contributed by atoms with E-state index in [4.69, 9.17) is 15.7 Å². The van der Waals surface area contributed by atoms with E-state index in [0.29, 0.717) is 22.7 Å². The maximum Gasteiger partial charge on any atom is 0.265 e. The molecule has 0 radical (unpaired) electrons. The molecule has 22 heavy (non-hydrogen) atoms. The lowest BCUT2D eigenvalue weighted by Gasteiger charge is -2.16. The minimum Gasteiger partial charge on any atom is -0.481 e. The van der Waals surface area contributed by atoms with Crippen LogP contribution < -0.4 is 15.8 Å². The van der Waals surface area contributed by atoms with Crippen molar-refractivity contribution in [2.45, 2.75) is 20.0 Å². The van der Waals surface area contributed by atoms with Gasteiger partial charge in [0.15, 0.2) is 6.10 Å². The number of benzene rings is 2. The molecule has 112 valence electrons. The number of hydrogen-bond acceptors (Lipinski definition) is 4. The molecule has 0 bridgehead atoms. The molecule has 0 spiro atoms. The third kappa shape index (κ3) is 3.76. The van der Waals surface area contributed by atoms with Gasteiger partial charge in [0.2, 0.25) is 0 Å². The Morgan fingerprint density at radius 1 is 1.32 bits per heavy atom. The fourth-order valence-corrected chi connectivity index (χ4v) is 1.91. The van der Waals surface area contributed by atoms with Crippen LogP contribution in [0.15, 0.2) is 42.5 Å². The van der Waals surface area contributed by atoms with Crippen LogP contribution in [0, 0.1) is 18.3 Å². The summed E-state index contributed by atoms with van der Waals surface area (Å²) in [5, 5.41) is 11.7. The molecule has 1 atom stereocenters. The van der Waals surface area contributed by atoms with E-state index in [9.17, 15) is 4.79 Å². The molecule has 5 nitrogen and oxygen atoms in total. The lowest BCUT2D eigenvalue weighted by atomic mass is 10.1. The number of rotatable bonds is 4. The Kier molecular flexibility index (Phi) is 4.64. The normalized spacial score (nSPS) is 11.3. The molecule has 0 saturated heterocycles. The summed E-state index contributed by atoms with van der Waals surface area (Å²) in [6.07, 6.45) is -0.699. The lowest BCUT2D eigenvalue weighted by molar-refractivity contribution is -0.122. The molecular weight excluding hydrogens is 278 g/mol. The third-order valence-corrected chi connectivity index (χ3v) is 3.16. The fourth-order valence-electron chi connectivity index (χ4n) is 1.91. The standard InChI is InChI=1S/C17H17N3O2/c1-11-6-7-14(19)9-16(11)20-17(21)12(2)22-15-5-3-4-13(8-15)10-18/h3-9,12H,19H2,1-2H3,(H,20,21). The number of aryl methyl sites for hydroxylation is 1. The molecule has 0 heterocycles. The predicted molar refractivity (Wildman–Crippen MR) is 85.5 cm³/mol. The second-order valence-corrected chi connectivity index (χ2v) is 4.96. The molecule has 0 saturated carbocycles. The quantitative estimate of drug-likeness (QED) is 0.849. The average molecular weight is 295 g/mol. The van der Waals surface area contributed by atoms with Gasteiger partial charge in [-0.1, -0.05) is 12.1 Å². The largest absolute Gasteiger partial charge is 0.481 e. The highest BCUT2D eigenvalue weighted by Gasteiger charge is 2.16. The van der Waals surface area contributed by atoms with Crippen molar-refractivity contribution in [2.24, 2.45) is 0 Å². The number of anilines is 2. The van der Waals surface area contributed by atoms with Crippen LogP contribution in [0.1, 0.15) is 18.1 Å². The average Bonchev–Trinajstić information content (AvgIpc) is 2.51. The first-order chi connectivity index (χ1) is 10.5. The molecule has 2 aromatic rings. The van der Waals surface area contributed by atoms with Gasteiger partial charge in [-0.2, -0.15) is 5.26 Å². The summed E-state index contributed by atoms with van der Waals surface area (Å²) in [4.78, 5) is 12.2. The van der Waals surface area contributed by atoms with Gasteiger partial charge in [-0.25, -0.2) is 0 Å². The van der Waals surface area contributed by atoms with E-state index in [0.717, 1.165) is 5.56 Å².